The van der Waals surface area contributed by atoms with Crippen LogP contribution in [0.25, 0.3) is 0 Å². The van der Waals surface area contributed by atoms with Crippen molar-refractivity contribution >= 4 is 112 Å². The molecule has 0 bridgehead atoms. The fourth-order valence-electron chi connectivity index (χ4n) is 6.82. The molecule has 0 fully saturated rings. The van der Waals surface area contributed by atoms with Crippen molar-refractivity contribution in [3.05, 3.63) is 243 Å². The van der Waals surface area contributed by atoms with E-state index in [-0.39, 0.29) is 0 Å². The maximum absolute atomic E-state index is 2.42. The topological polar surface area (TPSA) is 0 Å². The summed E-state index contributed by atoms with van der Waals surface area (Å²) in [6, 6.07) is 92.3. The van der Waals surface area contributed by atoms with Gasteiger partial charge in [0, 0.05) is 0 Å². The van der Waals surface area contributed by atoms with E-state index in [1.165, 1.54) is 42.4 Å². The summed E-state index contributed by atoms with van der Waals surface area (Å²) >= 11 is 1.28. The molecular formula is C50H42P4Se3. The van der Waals surface area contributed by atoms with Crippen LogP contribution in [0.5, 0.6) is 0 Å². The van der Waals surface area contributed by atoms with Gasteiger partial charge >= 0.3 is 363 Å². The first kappa shape index (κ1) is 40.8. The van der Waals surface area contributed by atoms with E-state index in [1.807, 2.05) is 0 Å². The van der Waals surface area contributed by atoms with Crippen molar-refractivity contribution in [2.24, 2.45) is 0 Å². The molecular weight excluding hydrogens is 961 g/mol. The zero-order valence-electron chi connectivity index (χ0n) is 31.3. The molecule has 0 nitrogen and oxygen atoms in total. The van der Waals surface area contributed by atoms with Crippen LogP contribution in [-0.2, 0) is 0 Å². The van der Waals surface area contributed by atoms with Gasteiger partial charge in [0.1, 0.15) is 0 Å². The van der Waals surface area contributed by atoms with E-state index in [0.717, 1.165) is 0 Å². The van der Waals surface area contributed by atoms with E-state index in [4.69, 9.17) is 0 Å². The van der Waals surface area contributed by atoms with Crippen LogP contribution in [0.1, 0.15) is 0 Å². The Morgan fingerprint density at radius 1 is 0.211 bits per heavy atom. The summed E-state index contributed by atoms with van der Waals surface area (Å²) in [6.45, 7) is 0. The summed E-state index contributed by atoms with van der Waals surface area (Å²) < 4.78 is 1.08. The molecule has 57 heavy (non-hydrogen) atoms. The van der Waals surface area contributed by atoms with Crippen LogP contribution in [-0.4, -0.2) is 46.2 Å². The Hall–Kier alpha value is -2.96. The maximum atomic E-state index is 2.42. The second kappa shape index (κ2) is 21.3. The number of rotatable bonds is 16. The van der Waals surface area contributed by atoms with Gasteiger partial charge in [0.25, 0.3) is 0 Å². The Morgan fingerprint density at radius 3 is 0.491 bits per heavy atom. The molecule has 8 rings (SSSR count). The normalized spacial score (nSPS) is 11.6. The van der Waals surface area contributed by atoms with Crippen LogP contribution >= 0.6 is 31.7 Å². The zero-order chi connectivity index (χ0) is 38.5. The molecule has 280 valence electrons. The van der Waals surface area contributed by atoms with Gasteiger partial charge in [-0.2, -0.15) is 0 Å². The minimum absolute atomic E-state index is 0.406. The molecule has 0 radical (unpaired) electrons. The number of benzene rings is 8. The molecule has 0 N–H and O–H groups in total. The second-order valence-electron chi connectivity index (χ2n) is 13.1. The molecule has 0 aromatic heterocycles. The van der Waals surface area contributed by atoms with Gasteiger partial charge in [-0.25, -0.2) is 0 Å². The zero-order valence-corrected chi connectivity index (χ0v) is 40.0. The van der Waals surface area contributed by atoms with Crippen LogP contribution in [0.4, 0.5) is 0 Å². The van der Waals surface area contributed by atoms with Crippen LogP contribution in [0.2, 0.25) is 0 Å². The molecule has 0 atom stereocenters. The molecule has 8 aromatic carbocycles. The van der Waals surface area contributed by atoms with Gasteiger partial charge in [-0.15, -0.1) is 0 Å². The SMILES string of the molecule is c1ccc(P(c2ccccc2)C([Se][Se][Se]C(P(c2ccccc2)c2ccccc2)P(c2ccccc2)c2ccccc2)P(c2ccccc2)c2ccccc2)cc1. The molecule has 0 aliphatic carbocycles. The summed E-state index contributed by atoms with van der Waals surface area (Å²) in [4.78, 5) is 0. The van der Waals surface area contributed by atoms with Gasteiger partial charge in [0.05, 0.1) is 0 Å². The Kier molecular flexibility index (Phi) is 15.3. The second-order valence-corrected chi connectivity index (χ2v) is 42.6. The van der Waals surface area contributed by atoms with E-state index in [1.54, 1.807) is 0 Å². The van der Waals surface area contributed by atoms with Crippen LogP contribution in [0.3, 0.4) is 0 Å². The van der Waals surface area contributed by atoms with E-state index in [2.05, 4.69) is 243 Å². The van der Waals surface area contributed by atoms with Gasteiger partial charge in [-0.05, 0) is 0 Å². The Bertz CT molecular complexity index is 1850. The molecule has 0 aliphatic rings. The average Bonchev–Trinajstić information content (AvgIpc) is 3.29. The summed E-state index contributed by atoms with van der Waals surface area (Å²) in [5.74, 6) is 0. The molecule has 0 heterocycles. The van der Waals surface area contributed by atoms with Crippen molar-refractivity contribution < 1.29 is 0 Å². The van der Waals surface area contributed by atoms with Crippen molar-refractivity contribution in [1.82, 2.24) is 0 Å². The van der Waals surface area contributed by atoms with E-state index >= 15 is 0 Å². The summed E-state index contributed by atoms with van der Waals surface area (Å²) in [5.41, 5.74) is 0. The minimum atomic E-state index is -0.645. The average molecular weight is 1000 g/mol. The first-order valence-corrected chi connectivity index (χ1v) is 35.2. The van der Waals surface area contributed by atoms with E-state index < -0.39 is 31.7 Å². The molecule has 7 heteroatoms. The number of hydrogen-bond donors (Lipinski definition) is 0. The fourth-order valence-corrected chi connectivity index (χ4v) is 71.6. The van der Waals surface area contributed by atoms with Gasteiger partial charge in [0.2, 0.25) is 0 Å². The Morgan fingerprint density at radius 2 is 0.351 bits per heavy atom. The summed E-state index contributed by atoms with van der Waals surface area (Å²) in [5, 5.41) is 12.0. The monoisotopic (exact) mass is 1010 g/mol. The summed E-state index contributed by atoms with van der Waals surface area (Å²) in [6.07, 6.45) is 0. The standard InChI is InChI=1S/C50H42P4Se3/c1-9-25-41(26-10-1)51(42-27-11-2-12-28-42)49(52(43-29-13-3-14-30-43)44-31-15-4-16-32-44)55-57-56-50(53(45-33-17-5-18-34-45)46-35-19-6-20-36-46)54(47-37-21-7-22-38-47)48-39-23-8-24-40-48/h1-40,49-50H. The van der Waals surface area contributed by atoms with Crippen molar-refractivity contribution in [2.75, 3.05) is 0 Å². The van der Waals surface area contributed by atoms with Crippen molar-refractivity contribution in [3.63, 3.8) is 0 Å². The Labute approximate surface area is 360 Å². The van der Waals surface area contributed by atoms with Crippen molar-refractivity contribution in [3.8, 4) is 0 Å². The van der Waals surface area contributed by atoms with Gasteiger partial charge in [0.15, 0.2) is 0 Å². The fraction of sp³-hybridized carbons (Fsp3) is 0.0400. The molecule has 0 spiro atoms. The number of hydrogen-bond acceptors (Lipinski definition) is 0. The van der Waals surface area contributed by atoms with Crippen LogP contribution < -0.4 is 42.4 Å². The van der Waals surface area contributed by atoms with Crippen molar-refractivity contribution in [1.29, 1.82) is 0 Å². The molecule has 0 saturated heterocycles. The quantitative estimate of drug-likeness (QED) is 0.0671. The van der Waals surface area contributed by atoms with E-state index in [0.29, 0.717) is 46.2 Å². The van der Waals surface area contributed by atoms with E-state index in [9.17, 15) is 0 Å². The summed E-state index contributed by atoms with van der Waals surface area (Å²) in [7, 11) is -2.58. The third-order valence-electron chi connectivity index (χ3n) is 9.41. The molecule has 0 saturated carbocycles. The third-order valence-corrected chi connectivity index (χ3v) is 50.8. The predicted molar refractivity (Wildman–Crippen MR) is 261 cm³/mol. The molecule has 0 aliphatic heterocycles. The van der Waals surface area contributed by atoms with Crippen LogP contribution in [0.15, 0.2) is 243 Å². The van der Waals surface area contributed by atoms with Gasteiger partial charge in [-0.3, -0.25) is 0 Å². The van der Waals surface area contributed by atoms with Gasteiger partial charge in [-0.1, -0.05) is 0 Å². The first-order chi connectivity index (χ1) is 28.3. The van der Waals surface area contributed by atoms with Gasteiger partial charge < -0.3 is 0 Å². The molecule has 8 aromatic rings. The van der Waals surface area contributed by atoms with Crippen LogP contribution in [0, 0.1) is 0 Å². The Balaban J connectivity index is 1.28. The predicted octanol–water partition coefficient (Wildman–Crippen LogP) is 9.03. The molecule has 0 amide bonds. The first-order valence-electron chi connectivity index (χ1n) is 18.9. The molecule has 0 unspecified atom stereocenters. The third kappa shape index (κ3) is 10.4. The van der Waals surface area contributed by atoms with Crippen molar-refractivity contribution in [2.45, 2.75) is 8.60 Å².